The summed E-state index contributed by atoms with van der Waals surface area (Å²) in [6, 6.07) is 16.1. The zero-order valence-corrected chi connectivity index (χ0v) is 14.9. The van der Waals surface area contributed by atoms with Crippen LogP contribution in [0.15, 0.2) is 58.1 Å². The van der Waals surface area contributed by atoms with Crippen molar-refractivity contribution in [1.82, 2.24) is 14.9 Å². The minimum Gasteiger partial charge on any atom is -0.250 e. The van der Waals surface area contributed by atoms with Crippen molar-refractivity contribution in [2.45, 2.75) is 13.3 Å². The number of H-pyrrole nitrogens is 1. The topological polar surface area (TPSA) is 46.0 Å². The summed E-state index contributed by atoms with van der Waals surface area (Å²) in [5.74, 6) is 0.670. The van der Waals surface area contributed by atoms with Crippen molar-refractivity contribution in [1.29, 1.82) is 0 Å². The maximum Gasteiger partial charge on any atom is 0.216 e. The molecule has 3 aromatic rings. The Kier molecular flexibility index (Phi) is 4.83. The van der Waals surface area contributed by atoms with Crippen LogP contribution in [0.1, 0.15) is 18.1 Å². The number of hydrogen-bond acceptors (Lipinski definition) is 3. The third-order valence-electron chi connectivity index (χ3n) is 3.48. The number of nitrogens with one attached hydrogen (secondary N) is 1. The molecule has 23 heavy (non-hydrogen) atoms. The Labute approximate surface area is 148 Å². The number of aromatic nitrogens is 3. The molecule has 116 valence electrons. The molecule has 0 amide bonds. The summed E-state index contributed by atoms with van der Waals surface area (Å²) in [5, 5.41) is 11.6. The first-order valence-corrected chi connectivity index (χ1v) is 8.45. The Morgan fingerprint density at radius 2 is 1.96 bits per heavy atom. The quantitative estimate of drug-likeness (QED) is 0.516. The van der Waals surface area contributed by atoms with Crippen molar-refractivity contribution >= 4 is 34.4 Å². The second kappa shape index (κ2) is 7.02. The van der Waals surface area contributed by atoms with E-state index in [0.29, 0.717) is 10.6 Å². The number of aromatic amines is 1. The molecular formula is C17H15BrN4S. The van der Waals surface area contributed by atoms with Gasteiger partial charge in [-0.05, 0) is 41.9 Å². The summed E-state index contributed by atoms with van der Waals surface area (Å²) < 4.78 is 3.03. The van der Waals surface area contributed by atoms with Gasteiger partial charge in [-0.3, -0.25) is 0 Å². The lowest BCUT2D eigenvalue weighted by atomic mass is 10.1. The Hall–Kier alpha value is -2.05. The Morgan fingerprint density at radius 1 is 1.22 bits per heavy atom. The van der Waals surface area contributed by atoms with Crippen LogP contribution in [0.4, 0.5) is 0 Å². The first-order chi connectivity index (χ1) is 11.2. The van der Waals surface area contributed by atoms with Gasteiger partial charge in [0, 0.05) is 10.0 Å². The van der Waals surface area contributed by atoms with Crippen LogP contribution in [-0.4, -0.2) is 21.1 Å². The third kappa shape index (κ3) is 3.48. The smallest absolute Gasteiger partial charge is 0.216 e. The third-order valence-corrected chi connectivity index (χ3v) is 4.43. The summed E-state index contributed by atoms with van der Waals surface area (Å²) in [5.41, 5.74) is 3.25. The first kappa shape index (κ1) is 15.8. The van der Waals surface area contributed by atoms with Gasteiger partial charge in [0.1, 0.15) is 0 Å². The Balaban J connectivity index is 1.97. The van der Waals surface area contributed by atoms with Gasteiger partial charge in [0.25, 0.3) is 0 Å². The van der Waals surface area contributed by atoms with Crippen molar-refractivity contribution in [2.75, 3.05) is 0 Å². The van der Waals surface area contributed by atoms with E-state index < -0.39 is 0 Å². The molecule has 0 unspecified atom stereocenters. The van der Waals surface area contributed by atoms with E-state index in [9.17, 15) is 0 Å². The minimum atomic E-state index is 0.456. The van der Waals surface area contributed by atoms with Gasteiger partial charge < -0.3 is 0 Å². The molecule has 0 aliphatic carbocycles. The molecule has 0 radical (unpaired) electrons. The number of rotatable bonds is 4. The van der Waals surface area contributed by atoms with Gasteiger partial charge in [-0.2, -0.15) is 14.9 Å². The van der Waals surface area contributed by atoms with Crippen LogP contribution < -0.4 is 0 Å². The molecule has 1 N–H and O–H groups in total. The van der Waals surface area contributed by atoms with Gasteiger partial charge in [-0.25, -0.2) is 5.10 Å². The average Bonchev–Trinajstić information content (AvgIpc) is 2.94. The number of benzene rings is 2. The highest BCUT2D eigenvalue weighted by Crippen LogP contribution is 2.26. The molecule has 0 saturated heterocycles. The van der Waals surface area contributed by atoms with Crippen molar-refractivity contribution in [2.24, 2.45) is 5.10 Å². The molecule has 0 spiro atoms. The number of hydrogen-bond donors (Lipinski definition) is 1. The van der Waals surface area contributed by atoms with E-state index in [2.05, 4.69) is 50.3 Å². The average molecular weight is 387 g/mol. The van der Waals surface area contributed by atoms with Crippen LogP contribution in [0, 0.1) is 4.77 Å². The molecule has 3 rings (SSSR count). The molecule has 1 aromatic heterocycles. The van der Waals surface area contributed by atoms with Crippen LogP contribution in [0.3, 0.4) is 0 Å². The van der Waals surface area contributed by atoms with Gasteiger partial charge in [-0.1, -0.05) is 59.3 Å². The molecule has 4 nitrogen and oxygen atoms in total. The minimum absolute atomic E-state index is 0.456. The summed E-state index contributed by atoms with van der Waals surface area (Å²) >= 11 is 8.82. The zero-order valence-electron chi connectivity index (χ0n) is 12.5. The molecule has 0 aliphatic rings. The van der Waals surface area contributed by atoms with Gasteiger partial charge in [0.2, 0.25) is 4.77 Å². The van der Waals surface area contributed by atoms with Gasteiger partial charge in [-0.15, -0.1) is 0 Å². The highest BCUT2D eigenvalue weighted by molar-refractivity contribution is 9.10. The van der Waals surface area contributed by atoms with E-state index in [4.69, 9.17) is 12.2 Å². The Morgan fingerprint density at radius 3 is 2.65 bits per heavy atom. The highest BCUT2D eigenvalue weighted by Gasteiger charge is 2.10. The van der Waals surface area contributed by atoms with Crippen LogP contribution in [0.25, 0.3) is 11.4 Å². The van der Waals surface area contributed by atoms with Gasteiger partial charge in [0.05, 0.1) is 6.21 Å². The molecule has 0 fully saturated rings. The lowest BCUT2D eigenvalue weighted by molar-refractivity contribution is 0.871. The molecule has 0 aliphatic heterocycles. The molecule has 6 heteroatoms. The van der Waals surface area contributed by atoms with Crippen LogP contribution in [0.2, 0.25) is 0 Å². The SMILES string of the molecule is CCc1ccc(/C=N\n2c(-c3ccccc3Br)n[nH]c2=S)cc1. The fraction of sp³-hybridized carbons (Fsp3) is 0.118. The zero-order chi connectivity index (χ0) is 16.2. The van der Waals surface area contributed by atoms with E-state index >= 15 is 0 Å². The predicted molar refractivity (Wildman–Crippen MR) is 99.4 cm³/mol. The molecule has 1 heterocycles. The van der Waals surface area contributed by atoms with E-state index in [0.717, 1.165) is 22.0 Å². The molecule has 2 aromatic carbocycles. The van der Waals surface area contributed by atoms with Crippen molar-refractivity contribution in [3.63, 3.8) is 0 Å². The lowest BCUT2D eigenvalue weighted by Crippen LogP contribution is -1.95. The summed E-state index contributed by atoms with van der Waals surface area (Å²) in [6.45, 7) is 2.14. The second-order valence-corrected chi connectivity index (χ2v) is 6.22. The largest absolute Gasteiger partial charge is 0.250 e. The highest BCUT2D eigenvalue weighted by atomic mass is 79.9. The van der Waals surface area contributed by atoms with E-state index in [1.54, 1.807) is 10.9 Å². The monoisotopic (exact) mass is 386 g/mol. The van der Waals surface area contributed by atoms with Crippen LogP contribution in [0.5, 0.6) is 0 Å². The lowest BCUT2D eigenvalue weighted by Gasteiger charge is -2.03. The summed E-state index contributed by atoms with van der Waals surface area (Å²) in [4.78, 5) is 0. The Bertz CT molecular complexity index is 893. The molecule has 0 bridgehead atoms. The predicted octanol–water partition coefficient (Wildman–Crippen LogP) is 4.81. The van der Waals surface area contributed by atoms with Crippen molar-refractivity contribution < 1.29 is 0 Å². The fourth-order valence-electron chi connectivity index (χ4n) is 2.18. The number of aryl methyl sites for hydroxylation is 1. The number of nitrogens with zero attached hydrogens (tertiary/aromatic N) is 3. The van der Waals surface area contributed by atoms with E-state index in [1.807, 2.05) is 36.4 Å². The normalized spacial score (nSPS) is 11.2. The molecule has 0 atom stereocenters. The van der Waals surface area contributed by atoms with Crippen LogP contribution in [-0.2, 0) is 6.42 Å². The number of halogens is 1. The standard InChI is InChI=1S/C17H15BrN4S/c1-2-12-7-9-13(10-8-12)11-19-22-16(20-21-17(22)23)14-5-3-4-6-15(14)18/h3-11H,2H2,1H3,(H,21,23)/b19-11-. The summed E-state index contributed by atoms with van der Waals surface area (Å²) in [6.07, 6.45) is 2.81. The maximum absolute atomic E-state index is 5.29. The molecular weight excluding hydrogens is 372 g/mol. The fourth-order valence-corrected chi connectivity index (χ4v) is 2.82. The first-order valence-electron chi connectivity index (χ1n) is 7.24. The van der Waals surface area contributed by atoms with Crippen LogP contribution >= 0.6 is 28.1 Å². The van der Waals surface area contributed by atoms with Crippen molar-refractivity contribution in [3.8, 4) is 11.4 Å². The molecule has 0 saturated carbocycles. The van der Waals surface area contributed by atoms with Crippen molar-refractivity contribution in [3.05, 3.63) is 68.9 Å². The maximum atomic E-state index is 5.29. The van der Waals surface area contributed by atoms with E-state index in [-0.39, 0.29) is 0 Å². The second-order valence-electron chi connectivity index (χ2n) is 4.98. The summed E-state index contributed by atoms with van der Waals surface area (Å²) in [7, 11) is 0. The van der Waals surface area contributed by atoms with Gasteiger partial charge >= 0.3 is 0 Å². The van der Waals surface area contributed by atoms with E-state index in [1.165, 1.54) is 5.56 Å². The van der Waals surface area contributed by atoms with Gasteiger partial charge in [0.15, 0.2) is 5.82 Å².